The molecule has 0 saturated heterocycles. The van der Waals surface area contributed by atoms with Crippen LogP contribution in [0.1, 0.15) is 48.8 Å². The second-order valence-corrected chi connectivity index (χ2v) is 5.29. The van der Waals surface area contributed by atoms with Crippen LogP contribution in [0.15, 0.2) is 24.3 Å². The zero-order valence-electron chi connectivity index (χ0n) is 13.7. The first kappa shape index (κ1) is 17.1. The number of aromatic nitrogens is 3. The quantitative estimate of drug-likeness (QED) is 0.497. The molecular weight excluding hydrogens is 294 g/mol. The summed E-state index contributed by atoms with van der Waals surface area (Å²) < 4.78 is 12.4. The second kappa shape index (κ2) is 9.05. The van der Waals surface area contributed by atoms with Crippen LogP contribution in [0.25, 0.3) is 5.69 Å². The highest BCUT2D eigenvalue weighted by Crippen LogP contribution is 2.18. The lowest BCUT2D eigenvalue weighted by Gasteiger charge is -2.09. The highest BCUT2D eigenvalue weighted by atomic mass is 16.5. The van der Waals surface area contributed by atoms with Gasteiger partial charge in [0.1, 0.15) is 11.4 Å². The van der Waals surface area contributed by atoms with E-state index in [2.05, 4.69) is 17.2 Å². The Bertz CT molecular complexity index is 608. The molecule has 2 aromatic rings. The van der Waals surface area contributed by atoms with Gasteiger partial charge in [-0.05, 0) is 30.7 Å². The molecule has 0 radical (unpaired) electrons. The predicted molar refractivity (Wildman–Crippen MR) is 87.1 cm³/mol. The number of nitrogens with zero attached hydrogens (tertiary/aromatic N) is 3. The van der Waals surface area contributed by atoms with Crippen molar-refractivity contribution in [2.24, 2.45) is 0 Å². The molecule has 0 bridgehead atoms. The van der Waals surface area contributed by atoms with Gasteiger partial charge in [-0.2, -0.15) is 0 Å². The van der Waals surface area contributed by atoms with Gasteiger partial charge in [0.2, 0.25) is 0 Å². The Hall–Kier alpha value is -2.21. The van der Waals surface area contributed by atoms with Crippen molar-refractivity contribution in [3.63, 3.8) is 0 Å². The molecular formula is C17H23N3O3. The largest absolute Gasteiger partial charge is 0.494 e. The van der Waals surface area contributed by atoms with Crippen molar-refractivity contribution in [2.75, 3.05) is 13.7 Å². The molecule has 0 unspecified atom stereocenters. The zero-order chi connectivity index (χ0) is 16.5. The van der Waals surface area contributed by atoms with Crippen LogP contribution in [-0.2, 0) is 11.3 Å². The van der Waals surface area contributed by atoms with Crippen molar-refractivity contribution in [2.45, 2.75) is 39.2 Å². The summed E-state index contributed by atoms with van der Waals surface area (Å²) in [6.07, 6.45) is 5.42. The SMILES string of the molecule is CCCCCCOc1ccc(-n2nnc(C=O)c2COC)cc1. The molecule has 0 fully saturated rings. The van der Waals surface area contributed by atoms with Crippen LogP contribution in [0, 0.1) is 0 Å². The second-order valence-electron chi connectivity index (χ2n) is 5.29. The molecule has 0 aliphatic carbocycles. The van der Waals surface area contributed by atoms with Gasteiger partial charge >= 0.3 is 0 Å². The molecule has 6 nitrogen and oxygen atoms in total. The third-order valence-corrected chi connectivity index (χ3v) is 3.53. The zero-order valence-corrected chi connectivity index (χ0v) is 13.7. The maximum absolute atomic E-state index is 11.0. The van der Waals surface area contributed by atoms with Gasteiger partial charge in [-0.1, -0.05) is 31.4 Å². The van der Waals surface area contributed by atoms with Crippen molar-refractivity contribution in [1.82, 2.24) is 15.0 Å². The molecule has 1 aromatic heterocycles. The Balaban J connectivity index is 2.02. The number of methoxy groups -OCH3 is 1. The average molecular weight is 317 g/mol. The summed E-state index contributed by atoms with van der Waals surface area (Å²) >= 11 is 0. The van der Waals surface area contributed by atoms with E-state index in [1.54, 1.807) is 11.8 Å². The van der Waals surface area contributed by atoms with E-state index in [4.69, 9.17) is 9.47 Å². The van der Waals surface area contributed by atoms with Crippen LogP contribution in [0.2, 0.25) is 0 Å². The summed E-state index contributed by atoms with van der Waals surface area (Å²) in [6.45, 7) is 3.20. The van der Waals surface area contributed by atoms with Crippen molar-refractivity contribution < 1.29 is 14.3 Å². The minimum Gasteiger partial charge on any atom is -0.494 e. The number of ether oxygens (including phenoxy) is 2. The van der Waals surface area contributed by atoms with E-state index < -0.39 is 0 Å². The lowest BCUT2D eigenvalue weighted by molar-refractivity contribution is 0.111. The summed E-state index contributed by atoms with van der Waals surface area (Å²) in [4.78, 5) is 11.0. The number of carbonyl (C=O) groups excluding carboxylic acids is 1. The first-order valence-electron chi connectivity index (χ1n) is 7.92. The lowest BCUT2D eigenvalue weighted by Crippen LogP contribution is -2.05. The third kappa shape index (κ3) is 4.63. The summed E-state index contributed by atoms with van der Waals surface area (Å²) in [7, 11) is 1.57. The minimum atomic E-state index is 0.275. The minimum absolute atomic E-state index is 0.275. The Morgan fingerprint density at radius 3 is 2.61 bits per heavy atom. The van der Waals surface area contributed by atoms with E-state index in [1.165, 1.54) is 19.3 Å². The van der Waals surface area contributed by atoms with Gasteiger partial charge in [0.05, 0.1) is 18.9 Å². The highest BCUT2D eigenvalue weighted by Gasteiger charge is 2.13. The van der Waals surface area contributed by atoms with Crippen molar-refractivity contribution in [1.29, 1.82) is 0 Å². The number of benzene rings is 1. The summed E-state index contributed by atoms with van der Waals surface area (Å²) in [5.74, 6) is 0.828. The van der Waals surface area contributed by atoms with Gasteiger partial charge in [0.25, 0.3) is 0 Å². The highest BCUT2D eigenvalue weighted by molar-refractivity contribution is 5.73. The van der Waals surface area contributed by atoms with Gasteiger partial charge in [0, 0.05) is 7.11 Å². The van der Waals surface area contributed by atoms with Crippen molar-refractivity contribution in [3.05, 3.63) is 35.7 Å². The van der Waals surface area contributed by atoms with E-state index in [-0.39, 0.29) is 6.61 Å². The maximum atomic E-state index is 11.0. The van der Waals surface area contributed by atoms with Crippen LogP contribution >= 0.6 is 0 Å². The standard InChI is InChI=1S/C17H23N3O3/c1-3-4-5-6-11-23-15-9-7-14(8-10-15)20-17(13-22-2)16(12-21)18-19-20/h7-10,12H,3-6,11,13H2,1-2H3. The number of aldehydes is 1. The van der Waals surface area contributed by atoms with Crippen LogP contribution in [0.3, 0.4) is 0 Å². The van der Waals surface area contributed by atoms with Crippen LogP contribution in [0.5, 0.6) is 5.75 Å². The predicted octanol–water partition coefficient (Wildman–Crippen LogP) is 3.19. The number of carbonyl (C=O) groups is 1. The number of unbranched alkanes of at least 4 members (excludes halogenated alkanes) is 3. The molecule has 2 rings (SSSR count). The number of rotatable bonds is 10. The summed E-state index contributed by atoms with van der Waals surface area (Å²) in [6, 6.07) is 7.58. The first-order valence-corrected chi connectivity index (χ1v) is 7.92. The van der Waals surface area contributed by atoms with Crippen LogP contribution < -0.4 is 4.74 Å². The fraction of sp³-hybridized carbons (Fsp3) is 0.471. The maximum Gasteiger partial charge on any atom is 0.172 e. The molecule has 0 aliphatic rings. The van der Waals surface area contributed by atoms with Crippen molar-refractivity contribution in [3.8, 4) is 11.4 Å². The summed E-state index contributed by atoms with van der Waals surface area (Å²) in [5.41, 5.74) is 1.75. The molecule has 0 atom stereocenters. The Morgan fingerprint density at radius 1 is 1.17 bits per heavy atom. The van der Waals surface area contributed by atoms with Gasteiger partial charge in [0.15, 0.2) is 12.0 Å². The van der Waals surface area contributed by atoms with Gasteiger partial charge in [-0.3, -0.25) is 4.79 Å². The van der Waals surface area contributed by atoms with Gasteiger partial charge in [-0.25, -0.2) is 4.68 Å². The van der Waals surface area contributed by atoms with E-state index in [1.807, 2.05) is 24.3 Å². The van der Waals surface area contributed by atoms with Crippen LogP contribution in [-0.4, -0.2) is 35.0 Å². The summed E-state index contributed by atoms with van der Waals surface area (Å²) in [5, 5.41) is 7.88. The fourth-order valence-corrected chi connectivity index (χ4v) is 2.29. The Labute approximate surface area is 136 Å². The van der Waals surface area contributed by atoms with Gasteiger partial charge < -0.3 is 9.47 Å². The lowest BCUT2D eigenvalue weighted by atomic mass is 10.2. The molecule has 0 N–H and O–H groups in total. The van der Waals surface area contributed by atoms with E-state index in [0.717, 1.165) is 24.5 Å². The van der Waals surface area contributed by atoms with Gasteiger partial charge in [-0.15, -0.1) is 5.10 Å². The fourth-order valence-electron chi connectivity index (χ4n) is 2.29. The molecule has 0 saturated carbocycles. The Morgan fingerprint density at radius 2 is 1.96 bits per heavy atom. The molecule has 0 aliphatic heterocycles. The normalized spacial score (nSPS) is 10.7. The van der Waals surface area contributed by atoms with E-state index >= 15 is 0 Å². The topological polar surface area (TPSA) is 66.2 Å². The monoisotopic (exact) mass is 317 g/mol. The van der Waals surface area contributed by atoms with Crippen molar-refractivity contribution >= 4 is 6.29 Å². The number of hydrogen-bond acceptors (Lipinski definition) is 5. The molecule has 0 spiro atoms. The first-order chi connectivity index (χ1) is 11.3. The number of hydrogen-bond donors (Lipinski definition) is 0. The van der Waals surface area contributed by atoms with E-state index in [0.29, 0.717) is 17.7 Å². The molecule has 6 heteroatoms. The van der Waals surface area contributed by atoms with E-state index in [9.17, 15) is 4.79 Å². The molecule has 1 aromatic carbocycles. The molecule has 1 heterocycles. The smallest absolute Gasteiger partial charge is 0.172 e. The Kier molecular flexibility index (Phi) is 6.75. The van der Waals surface area contributed by atoms with Crippen LogP contribution in [0.4, 0.5) is 0 Å². The molecule has 124 valence electrons. The average Bonchev–Trinajstić information content (AvgIpc) is 2.98. The third-order valence-electron chi connectivity index (χ3n) is 3.53. The molecule has 0 amide bonds. The molecule has 23 heavy (non-hydrogen) atoms.